The fraction of sp³-hybridized carbons (Fsp3) is 0.143. The fourth-order valence-corrected chi connectivity index (χ4v) is 1.78. The summed E-state index contributed by atoms with van der Waals surface area (Å²) in [4.78, 5) is 0. The number of hydrogen-bond acceptors (Lipinski definition) is 2. The van der Waals surface area contributed by atoms with E-state index in [-0.39, 0.29) is 10.0 Å². The lowest BCUT2D eigenvalue weighted by Crippen LogP contribution is -2.07. The summed E-state index contributed by atoms with van der Waals surface area (Å²) in [6, 6.07) is 1.51. The summed E-state index contributed by atoms with van der Waals surface area (Å²) in [6.45, 7) is 0. The van der Waals surface area contributed by atoms with Crippen molar-refractivity contribution in [2.75, 3.05) is 0 Å². The average Bonchev–Trinajstić information content (AvgIpc) is 2.42. The van der Waals surface area contributed by atoms with Gasteiger partial charge in [-0.3, -0.25) is 0 Å². The summed E-state index contributed by atoms with van der Waals surface area (Å²) >= 11 is 22.9. The van der Waals surface area contributed by atoms with Gasteiger partial charge in [-0.1, -0.05) is 34.8 Å². The molecule has 1 aliphatic rings. The van der Waals surface area contributed by atoms with E-state index in [0.29, 0.717) is 16.5 Å². The second-order valence-corrected chi connectivity index (χ2v) is 3.84. The maximum Gasteiger partial charge on any atom is 0.322 e. The van der Waals surface area contributed by atoms with Crippen molar-refractivity contribution in [2.24, 2.45) is 0 Å². The van der Waals surface area contributed by atoms with Crippen molar-refractivity contribution in [3.8, 4) is 11.5 Å². The minimum atomic E-state index is -0.873. The van der Waals surface area contributed by atoms with E-state index in [1.807, 2.05) is 0 Å². The monoisotopic (exact) mass is 258 g/mol. The summed E-state index contributed by atoms with van der Waals surface area (Å²) in [5.74, 6) is -0.141. The van der Waals surface area contributed by atoms with Crippen LogP contribution >= 0.6 is 46.4 Å². The van der Waals surface area contributed by atoms with Gasteiger partial charge in [0.05, 0.1) is 10.0 Å². The molecule has 0 amide bonds. The molecule has 2 rings (SSSR count). The van der Waals surface area contributed by atoms with E-state index < -0.39 is 5.75 Å². The van der Waals surface area contributed by atoms with Crippen molar-refractivity contribution >= 4 is 46.4 Å². The zero-order chi connectivity index (χ0) is 9.59. The Morgan fingerprint density at radius 2 is 1.77 bits per heavy atom. The van der Waals surface area contributed by atoms with Crippen LogP contribution in [0.15, 0.2) is 6.07 Å². The lowest BCUT2D eigenvalue weighted by atomic mass is 10.3. The molecule has 1 aromatic carbocycles. The van der Waals surface area contributed by atoms with Gasteiger partial charge in [0.2, 0.25) is 0 Å². The second kappa shape index (κ2) is 3.28. The van der Waals surface area contributed by atoms with Crippen molar-refractivity contribution in [3.63, 3.8) is 0 Å². The van der Waals surface area contributed by atoms with Crippen LogP contribution in [-0.2, 0) is 0 Å². The zero-order valence-corrected chi connectivity index (χ0v) is 9.01. The topological polar surface area (TPSA) is 18.5 Å². The van der Waals surface area contributed by atoms with Crippen LogP contribution in [0.3, 0.4) is 0 Å². The quantitative estimate of drug-likeness (QED) is 0.519. The molecule has 1 aliphatic heterocycles. The molecule has 1 atom stereocenters. The van der Waals surface area contributed by atoms with E-state index in [1.54, 1.807) is 0 Å². The first-order valence-corrected chi connectivity index (χ1v) is 4.81. The molecule has 0 spiro atoms. The standard InChI is InChI=1S/C7H2Cl4O2/c8-2-1-3-6(5(10)4(2)9)13-7(11)12-3/h1,7H. The summed E-state index contributed by atoms with van der Waals surface area (Å²) < 4.78 is 10.1. The number of ether oxygens (including phenoxy) is 2. The summed E-state index contributed by atoms with van der Waals surface area (Å²) in [5.41, 5.74) is 0. The number of hydrogen-bond donors (Lipinski definition) is 0. The minimum Gasteiger partial charge on any atom is -0.438 e. The molecule has 13 heavy (non-hydrogen) atoms. The molecule has 0 bridgehead atoms. The molecule has 70 valence electrons. The van der Waals surface area contributed by atoms with E-state index in [4.69, 9.17) is 55.9 Å². The lowest BCUT2D eigenvalue weighted by Gasteiger charge is -2.02. The Morgan fingerprint density at radius 1 is 1.08 bits per heavy atom. The second-order valence-electron chi connectivity index (χ2n) is 2.32. The molecule has 0 saturated carbocycles. The molecule has 0 N–H and O–H groups in total. The average molecular weight is 260 g/mol. The number of rotatable bonds is 0. The van der Waals surface area contributed by atoms with Crippen LogP contribution in [0.5, 0.6) is 11.5 Å². The Kier molecular flexibility index (Phi) is 2.41. The molecule has 0 radical (unpaired) electrons. The van der Waals surface area contributed by atoms with E-state index in [9.17, 15) is 0 Å². The highest BCUT2D eigenvalue weighted by atomic mass is 35.5. The predicted octanol–water partition coefficient (Wildman–Crippen LogP) is 3.94. The van der Waals surface area contributed by atoms with Crippen LogP contribution in [-0.4, -0.2) is 5.75 Å². The van der Waals surface area contributed by atoms with Crippen molar-refractivity contribution in [1.29, 1.82) is 0 Å². The van der Waals surface area contributed by atoms with Gasteiger partial charge in [-0.15, -0.1) is 0 Å². The van der Waals surface area contributed by atoms with Crippen molar-refractivity contribution in [3.05, 3.63) is 21.1 Å². The Morgan fingerprint density at radius 3 is 2.46 bits per heavy atom. The van der Waals surface area contributed by atoms with Crippen LogP contribution in [0.2, 0.25) is 15.1 Å². The SMILES string of the molecule is Clc1cc2c(c(Cl)c1Cl)OC(Cl)O2. The van der Waals surface area contributed by atoms with Crippen LogP contribution in [0.1, 0.15) is 0 Å². The highest BCUT2D eigenvalue weighted by Gasteiger charge is 2.27. The smallest absolute Gasteiger partial charge is 0.322 e. The lowest BCUT2D eigenvalue weighted by molar-refractivity contribution is 0.128. The van der Waals surface area contributed by atoms with Gasteiger partial charge in [0.25, 0.3) is 0 Å². The molecule has 1 aromatic rings. The van der Waals surface area contributed by atoms with Crippen LogP contribution in [0, 0.1) is 0 Å². The van der Waals surface area contributed by atoms with E-state index >= 15 is 0 Å². The first-order chi connectivity index (χ1) is 6.09. The first kappa shape index (κ1) is 9.53. The van der Waals surface area contributed by atoms with Crippen molar-refractivity contribution in [2.45, 2.75) is 5.75 Å². The third-order valence-electron chi connectivity index (χ3n) is 1.51. The molecule has 0 aromatic heterocycles. The van der Waals surface area contributed by atoms with E-state index in [2.05, 4.69) is 0 Å². The molecular weight excluding hydrogens is 258 g/mol. The first-order valence-electron chi connectivity index (χ1n) is 3.24. The van der Waals surface area contributed by atoms with E-state index in [1.165, 1.54) is 6.07 Å². The number of halogens is 4. The number of alkyl halides is 1. The van der Waals surface area contributed by atoms with Gasteiger partial charge >= 0.3 is 5.75 Å². The normalized spacial score (nSPS) is 19.2. The number of fused-ring (bicyclic) bond motifs is 1. The highest BCUT2D eigenvalue weighted by Crippen LogP contribution is 2.48. The Balaban J connectivity index is 2.60. The zero-order valence-electron chi connectivity index (χ0n) is 5.98. The molecule has 2 nitrogen and oxygen atoms in total. The Bertz CT molecular complexity index is 366. The predicted molar refractivity (Wildman–Crippen MR) is 52.4 cm³/mol. The molecule has 0 saturated heterocycles. The summed E-state index contributed by atoms with van der Waals surface area (Å²) in [5, 5.41) is 0.753. The Hall–Kier alpha value is -0.0200. The van der Waals surface area contributed by atoms with Gasteiger partial charge in [-0.05, 0) is 11.6 Å². The fourth-order valence-electron chi connectivity index (χ4n) is 0.971. The molecular formula is C7H2Cl4O2. The van der Waals surface area contributed by atoms with Gasteiger partial charge < -0.3 is 9.47 Å². The summed E-state index contributed by atoms with van der Waals surface area (Å²) in [6.07, 6.45) is 0. The molecule has 1 unspecified atom stereocenters. The largest absolute Gasteiger partial charge is 0.438 e. The molecule has 6 heteroatoms. The summed E-state index contributed by atoms with van der Waals surface area (Å²) in [7, 11) is 0. The Labute approximate surface area is 94.2 Å². The maximum absolute atomic E-state index is 5.83. The maximum atomic E-state index is 5.83. The van der Waals surface area contributed by atoms with Gasteiger partial charge in [-0.2, -0.15) is 0 Å². The molecule has 0 aliphatic carbocycles. The van der Waals surface area contributed by atoms with E-state index in [0.717, 1.165) is 0 Å². The van der Waals surface area contributed by atoms with Crippen LogP contribution in [0.25, 0.3) is 0 Å². The minimum absolute atomic E-state index is 0.215. The third-order valence-corrected chi connectivity index (χ3v) is 2.94. The van der Waals surface area contributed by atoms with Gasteiger partial charge in [0, 0.05) is 6.07 Å². The van der Waals surface area contributed by atoms with Crippen molar-refractivity contribution < 1.29 is 9.47 Å². The van der Waals surface area contributed by atoms with Gasteiger partial charge in [0.15, 0.2) is 11.5 Å². The third kappa shape index (κ3) is 1.52. The van der Waals surface area contributed by atoms with Crippen molar-refractivity contribution in [1.82, 2.24) is 0 Å². The molecule has 0 fully saturated rings. The van der Waals surface area contributed by atoms with Gasteiger partial charge in [0.1, 0.15) is 5.02 Å². The van der Waals surface area contributed by atoms with Crippen LogP contribution < -0.4 is 9.47 Å². The van der Waals surface area contributed by atoms with Crippen LogP contribution in [0.4, 0.5) is 0 Å². The number of benzene rings is 1. The molecule has 1 heterocycles. The highest BCUT2D eigenvalue weighted by molar-refractivity contribution is 6.48. The van der Waals surface area contributed by atoms with Gasteiger partial charge in [-0.25, -0.2) is 0 Å².